The molecule has 3 rings (SSSR count). The van der Waals surface area contributed by atoms with Crippen molar-refractivity contribution in [3.63, 3.8) is 0 Å². The van der Waals surface area contributed by atoms with E-state index in [2.05, 4.69) is 12.1 Å². The Bertz CT molecular complexity index is 876. The topological polar surface area (TPSA) is 56.4 Å². The summed E-state index contributed by atoms with van der Waals surface area (Å²) in [6.45, 7) is 5.47. The third-order valence-corrected chi connectivity index (χ3v) is 6.65. The predicted octanol–water partition coefficient (Wildman–Crippen LogP) is 1.21. The fraction of sp³-hybridized carbons (Fsp3) is 0.500. The van der Waals surface area contributed by atoms with Crippen molar-refractivity contribution in [2.75, 3.05) is 18.6 Å². The van der Waals surface area contributed by atoms with Crippen LogP contribution in [0.2, 0.25) is 0 Å². The molecule has 2 aromatic rings. The molecule has 1 fully saturated rings. The lowest BCUT2D eigenvalue weighted by atomic mass is 10.1. The lowest BCUT2D eigenvalue weighted by Crippen LogP contribution is -3.06. The van der Waals surface area contributed by atoms with Gasteiger partial charge in [0.15, 0.2) is 9.84 Å². The minimum absolute atomic E-state index is 0.0547. The van der Waals surface area contributed by atoms with Gasteiger partial charge in [-0.1, -0.05) is 12.1 Å². The number of quaternary nitrogens is 1. The Kier molecular flexibility index (Phi) is 4.97. The largest absolute Gasteiger partial charge is 0.330 e. The monoisotopic (exact) mass is 366 g/mol. The number of sulfone groups is 1. The molecule has 0 aliphatic carbocycles. The van der Waals surface area contributed by atoms with Crippen molar-refractivity contribution in [2.24, 2.45) is 0 Å². The smallest absolute Gasteiger partial charge is 0.152 e. The molecule has 0 amide bonds. The van der Waals surface area contributed by atoms with Crippen LogP contribution in [0.1, 0.15) is 35.0 Å². The van der Waals surface area contributed by atoms with Gasteiger partial charge < -0.3 is 4.90 Å². The van der Waals surface area contributed by atoms with Gasteiger partial charge in [0.05, 0.1) is 35.9 Å². The number of halogens is 1. The second-order valence-electron chi connectivity index (χ2n) is 7.09. The Labute approximate surface area is 148 Å². The van der Waals surface area contributed by atoms with E-state index in [0.29, 0.717) is 6.42 Å². The molecule has 7 heteroatoms. The molecule has 2 heterocycles. The van der Waals surface area contributed by atoms with E-state index < -0.39 is 9.84 Å². The molecule has 136 valence electrons. The molecule has 5 nitrogen and oxygen atoms in total. The zero-order valence-corrected chi connectivity index (χ0v) is 15.7. The highest BCUT2D eigenvalue weighted by Crippen LogP contribution is 2.26. The van der Waals surface area contributed by atoms with Crippen LogP contribution >= 0.6 is 0 Å². The Morgan fingerprint density at radius 3 is 2.72 bits per heavy atom. The Morgan fingerprint density at radius 2 is 2.08 bits per heavy atom. The summed E-state index contributed by atoms with van der Waals surface area (Å²) in [6, 6.07) is 6.62. The lowest BCUT2D eigenvalue weighted by molar-refractivity contribution is -0.907. The van der Waals surface area contributed by atoms with Gasteiger partial charge in [-0.2, -0.15) is 5.10 Å². The maximum atomic E-state index is 13.3. The van der Waals surface area contributed by atoms with Gasteiger partial charge in [-0.05, 0) is 32.4 Å². The zero-order chi connectivity index (χ0) is 18.2. The summed E-state index contributed by atoms with van der Waals surface area (Å²) in [7, 11) is -0.863. The average molecular weight is 366 g/mol. The van der Waals surface area contributed by atoms with Gasteiger partial charge in [-0.3, -0.25) is 4.68 Å². The van der Waals surface area contributed by atoms with Crippen LogP contribution in [0, 0.1) is 19.7 Å². The maximum Gasteiger partial charge on any atom is 0.152 e. The molecule has 0 spiro atoms. The molecule has 1 aliphatic heterocycles. The van der Waals surface area contributed by atoms with Crippen LogP contribution in [-0.2, 0) is 22.9 Å². The first kappa shape index (κ1) is 18.1. The molecule has 0 saturated carbocycles. The Hall–Kier alpha value is -1.73. The van der Waals surface area contributed by atoms with E-state index in [0.717, 1.165) is 35.6 Å². The van der Waals surface area contributed by atoms with Crippen molar-refractivity contribution in [1.29, 1.82) is 0 Å². The number of aryl methyl sites for hydroxylation is 1. The van der Waals surface area contributed by atoms with E-state index in [1.807, 2.05) is 24.6 Å². The molecule has 1 unspecified atom stereocenters. The number of nitrogens with one attached hydrogen (secondary N) is 1. The van der Waals surface area contributed by atoms with E-state index in [9.17, 15) is 12.8 Å². The van der Waals surface area contributed by atoms with Crippen LogP contribution in [0.3, 0.4) is 0 Å². The van der Waals surface area contributed by atoms with Crippen LogP contribution < -0.4 is 4.90 Å². The molecule has 1 N–H and O–H groups in total. The van der Waals surface area contributed by atoms with Crippen LogP contribution in [0.4, 0.5) is 4.39 Å². The van der Waals surface area contributed by atoms with Crippen molar-refractivity contribution in [1.82, 2.24) is 9.78 Å². The summed E-state index contributed by atoms with van der Waals surface area (Å²) in [5, 5.41) is 4.61. The van der Waals surface area contributed by atoms with Crippen LogP contribution in [0.15, 0.2) is 24.3 Å². The fourth-order valence-corrected chi connectivity index (χ4v) is 5.33. The van der Waals surface area contributed by atoms with Gasteiger partial charge >= 0.3 is 0 Å². The number of aromatic nitrogens is 2. The first-order chi connectivity index (χ1) is 11.7. The molecule has 25 heavy (non-hydrogen) atoms. The van der Waals surface area contributed by atoms with E-state index in [-0.39, 0.29) is 23.4 Å². The quantitative estimate of drug-likeness (QED) is 0.866. The number of rotatable bonds is 5. The van der Waals surface area contributed by atoms with E-state index in [1.165, 1.54) is 11.0 Å². The van der Waals surface area contributed by atoms with Gasteiger partial charge in [0, 0.05) is 11.3 Å². The zero-order valence-electron chi connectivity index (χ0n) is 14.9. The molecular weight excluding hydrogens is 341 g/mol. The number of hydrogen-bond acceptors (Lipinski definition) is 3. The minimum atomic E-state index is -2.93. The van der Waals surface area contributed by atoms with Crippen molar-refractivity contribution in [3.05, 3.63) is 52.6 Å². The van der Waals surface area contributed by atoms with Crippen LogP contribution in [0.5, 0.6) is 0 Å². The first-order valence-electron chi connectivity index (χ1n) is 8.56. The first-order valence-corrected chi connectivity index (χ1v) is 10.4. The van der Waals surface area contributed by atoms with E-state index in [4.69, 9.17) is 0 Å². The van der Waals surface area contributed by atoms with E-state index >= 15 is 0 Å². The third-order valence-electron chi connectivity index (χ3n) is 4.90. The normalized spacial score (nSPS) is 20.7. The van der Waals surface area contributed by atoms with Crippen LogP contribution in [0.25, 0.3) is 0 Å². The van der Waals surface area contributed by atoms with Crippen molar-refractivity contribution < 1.29 is 17.7 Å². The lowest BCUT2D eigenvalue weighted by Gasteiger charge is -2.15. The molecule has 0 bridgehead atoms. The number of benzene rings is 1. The van der Waals surface area contributed by atoms with Crippen molar-refractivity contribution in [3.8, 4) is 0 Å². The molecule has 2 atom stereocenters. The van der Waals surface area contributed by atoms with Gasteiger partial charge in [0.25, 0.3) is 0 Å². The van der Waals surface area contributed by atoms with Gasteiger partial charge in [-0.25, -0.2) is 12.8 Å². The SMILES string of the molecule is Cc1nn([C@@H]2CCS(=O)(=O)C2)c(C)c1C[NH+](C)Cc1cccc(F)c1. The summed E-state index contributed by atoms with van der Waals surface area (Å²) in [4.78, 5) is 1.23. The highest BCUT2D eigenvalue weighted by molar-refractivity contribution is 7.91. The molecular formula is C18H25FN3O2S+. The van der Waals surface area contributed by atoms with Crippen LogP contribution in [-0.4, -0.2) is 36.8 Å². The molecule has 1 aromatic heterocycles. The Morgan fingerprint density at radius 1 is 1.32 bits per heavy atom. The third kappa shape index (κ3) is 4.10. The maximum absolute atomic E-state index is 13.3. The highest BCUT2D eigenvalue weighted by atomic mass is 32.2. The predicted molar refractivity (Wildman–Crippen MR) is 94.7 cm³/mol. The van der Waals surface area contributed by atoms with Crippen molar-refractivity contribution in [2.45, 2.75) is 39.4 Å². The summed E-state index contributed by atoms with van der Waals surface area (Å²) in [5.74, 6) is 0.212. The number of nitrogens with zero attached hydrogens (tertiary/aromatic N) is 2. The van der Waals surface area contributed by atoms with Gasteiger partial charge in [-0.15, -0.1) is 0 Å². The van der Waals surface area contributed by atoms with Crippen molar-refractivity contribution >= 4 is 9.84 Å². The highest BCUT2D eigenvalue weighted by Gasteiger charge is 2.31. The minimum Gasteiger partial charge on any atom is -0.330 e. The molecule has 0 radical (unpaired) electrons. The standard InChI is InChI=1S/C18H24FN3O2S/c1-13-18(11-21(3)10-15-5-4-6-16(19)9-15)14(2)22(20-13)17-7-8-25(23,24)12-17/h4-6,9,17H,7-8,10-12H2,1-3H3/p+1/t17-/m1/s1. The average Bonchev–Trinajstić information content (AvgIpc) is 3.01. The molecule has 1 saturated heterocycles. The van der Waals surface area contributed by atoms with E-state index in [1.54, 1.807) is 12.1 Å². The second-order valence-corrected chi connectivity index (χ2v) is 9.32. The Balaban J connectivity index is 1.74. The van der Waals surface area contributed by atoms with Gasteiger partial charge in [0.2, 0.25) is 0 Å². The number of hydrogen-bond donors (Lipinski definition) is 1. The van der Waals surface area contributed by atoms with Gasteiger partial charge in [0.1, 0.15) is 18.9 Å². The second kappa shape index (κ2) is 6.88. The summed E-state index contributed by atoms with van der Waals surface area (Å²) in [5.41, 5.74) is 4.10. The molecule has 1 aromatic carbocycles. The summed E-state index contributed by atoms with van der Waals surface area (Å²) < 4.78 is 38.7. The summed E-state index contributed by atoms with van der Waals surface area (Å²) >= 11 is 0. The molecule has 1 aliphatic rings. The fourth-order valence-electron chi connectivity index (χ4n) is 3.64. The summed E-state index contributed by atoms with van der Waals surface area (Å²) in [6.07, 6.45) is 0.635.